The van der Waals surface area contributed by atoms with E-state index in [1.54, 1.807) is 24.3 Å². The number of nitrogen functional groups attached to an aromatic ring is 1. The Balaban J connectivity index is 2.25. The molecule has 0 unspecified atom stereocenters. The molecule has 1 atom stereocenters. The maximum absolute atomic E-state index is 6.18. The van der Waals surface area contributed by atoms with Gasteiger partial charge in [-0.1, -0.05) is 29.3 Å². The van der Waals surface area contributed by atoms with E-state index in [1.807, 2.05) is 13.0 Å². The van der Waals surface area contributed by atoms with Gasteiger partial charge in [-0.05, 0) is 52.7 Å². The first-order chi connectivity index (χ1) is 8.97. The third-order valence-electron chi connectivity index (χ3n) is 2.67. The fourth-order valence-corrected chi connectivity index (χ4v) is 2.58. The van der Waals surface area contributed by atoms with Gasteiger partial charge in [-0.15, -0.1) is 0 Å². The van der Waals surface area contributed by atoms with E-state index in [9.17, 15) is 0 Å². The first-order valence-electron chi connectivity index (χ1n) is 5.61. The highest BCUT2D eigenvalue weighted by molar-refractivity contribution is 9.10. The third kappa shape index (κ3) is 3.53. The molecular formula is C13H12BrCl2N3. The van der Waals surface area contributed by atoms with Crippen LogP contribution in [0, 0.1) is 0 Å². The second-order valence-corrected chi connectivity index (χ2v) is 5.76. The van der Waals surface area contributed by atoms with Crippen LogP contribution in [0.3, 0.4) is 0 Å². The molecular weight excluding hydrogens is 349 g/mol. The molecule has 0 radical (unpaired) electrons. The summed E-state index contributed by atoms with van der Waals surface area (Å²) in [5, 5.41) is 4.46. The first kappa shape index (κ1) is 14.4. The van der Waals surface area contributed by atoms with Gasteiger partial charge >= 0.3 is 0 Å². The van der Waals surface area contributed by atoms with Crippen molar-refractivity contribution in [3.05, 3.63) is 50.5 Å². The van der Waals surface area contributed by atoms with Gasteiger partial charge in [0.15, 0.2) is 5.82 Å². The molecule has 0 spiro atoms. The Labute approximate surface area is 130 Å². The summed E-state index contributed by atoms with van der Waals surface area (Å²) in [6.45, 7) is 1.98. The zero-order chi connectivity index (χ0) is 14.0. The number of hydrogen-bond donors (Lipinski definition) is 2. The van der Waals surface area contributed by atoms with Crippen molar-refractivity contribution < 1.29 is 0 Å². The number of nitrogens with zero attached hydrogens (tertiary/aromatic N) is 1. The van der Waals surface area contributed by atoms with Crippen molar-refractivity contribution in [2.24, 2.45) is 0 Å². The summed E-state index contributed by atoms with van der Waals surface area (Å²) in [5.74, 6) is 0.618. The van der Waals surface area contributed by atoms with Crippen molar-refractivity contribution in [1.82, 2.24) is 4.98 Å². The molecule has 3 nitrogen and oxygen atoms in total. The highest BCUT2D eigenvalue weighted by Gasteiger charge is 2.12. The molecule has 1 aromatic carbocycles. The van der Waals surface area contributed by atoms with Crippen LogP contribution in [0.1, 0.15) is 18.5 Å². The van der Waals surface area contributed by atoms with Gasteiger partial charge < -0.3 is 11.1 Å². The molecule has 100 valence electrons. The van der Waals surface area contributed by atoms with Gasteiger partial charge in [0.2, 0.25) is 0 Å². The highest BCUT2D eigenvalue weighted by atomic mass is 79.9. The van der Waals surface area contributed by atoms with Crippen molar-refractivity contribution in [3.8, 4) is 0 Å². The van der Waals surface area contributed by atoms with Crippen LogP contribution in [0.25, 0.3) is 0 Å². The van der Waals surface area contributed by atoms with E-state index in [0.717, 1.165) is 10.2 Å². The van der Waals surface area contributed by atoms with Crippen LogP contribution in [0.4, 0.5) is 11.5 Å². The zero-order valence-electron chi connectivity index (χ0n) is 10.1. The van der Waals surface area contributed by atoms with E-state index in [0.29, 0.717) is 21.6 Å². The average Bonchev–Trinajstić information content (AvgIpc) is 2.33. The van der Waals surface area contributed by atoms with E-state index in [2.05, 4.69) is 26.2 Å². The molecule has 0 amide bonds. The normalized spacial score (nSPS) is 12.2. The fraction of sp³-hybridized carbons (Fsp3) is 0.154. The number of halogens is 3. The highest BCUT2D eigenvalue weighted by Crippen LogP contribution is 2.29. The van der Waals surface area contributed by atoms with E-state index in [-0.39, 0.29) is 6.04 Å². The van der Waals surface area contributed by atoms with Crippen LogP contribution in [-0.4, -0.2) is 4.98 Å². The fourth-order valence-electron chi connectivity index (χ4n) is 1.70. The molecule has 0 aliphatic heterocycles. The SMILES string of the molecule is C[C@@H](Nc1nc(Br)ccc1N)c1ccc(Cl)cc1Cl. The molecule has 1 heterocycles. The minimum Gasteiger partial charge on any atom is -0.396 e. The van der Waals surface area contributed by atoms with Crippen molar-refractivity contribution >= 4 is 50.6 Å². The van der Waals surface area contributed by atoms with Crippen LogP contribution >= 0.6 is 39.1 Å². The average molecular weight is 361 g/mol. The molecule has 0 fully saturated rings. The minimum absolute atomic E-state index is 0.0335. The number of rotatable bonds is 3. The molecule has 3 N–H and O–H groups in total. The predicted molar refractivity (Wildman–Crippen MR) is 84.8 cm³/mol. The van der Waals surface area contributed by atoms with Crippen molar-refractivity contribution in [2.75, 3.05) is 11.1 Å². The Kier molecular flexibility index (Phi) is 4.55. The van der Waals surface area contributed by atoms with E-state index >= 15 is 0 Å². The zero-order valence-corrected chi connectivity index (χ0v) is 13.2. The Morgan fingerprint density at radius 1 is 1.26 bits per heavy atom. The molecule has 6 heteroatoms. The van der Waals surface area contributed by atoms with Crippen LogP contribution in [0.15, 0.2) is 34.9 Å². The summed E-state index contributed by atoms with van der Waals surface area (Å²) in [5.41, 5.74) is 7.40. The lowest BCUT2D eigenvalue weighted by molar-refractivity contribution is 0.875. The van der Waals surface area contributed by atoms with Crippen molar-refractivity contribution in [2.45, 2.75) is 13.0 Å². The summed E-state index contributed by atoms with van der Waals surface area (Å²) in [6.07, 6.45) is 0. The minimum atomic E-state index is -0.0335. The Morgan fingerprint density at radius 3 is 2.68 bits per heavy atom. The van der Waals surface area contributed by atoms with Crippen LogP contribution in [0.2, 0.25) is 10.0 Å². The monoisotopic (exact) mass is 359 g/mol. The maximum atomic E-state index is 6.18. The van der Waals surface area contributed by atoms with Crippen molar-refractivity contribution in [1.29, 1.82) is 0 Å². The third-order valence-corrected chi connectivity index (χ3v) is 3.68. The molecule has 0 saturated heterocycles. The Bertz CT molecular complexity index is 604. The van der Waals surface area contributed by atoms with Gasteiger partial charge in [0.25, 0.3) is 0 Å². The molecule has 19 heavy (non-hydrogen) atoms. The molecule has 2 aromatic rings. The van der Waals surface area contributed by atoms with Crippen LogP contribution in [-0.2, 0) is 0 Å². The lowest BCUT2D eigenvalue weighted by atomic mass is 10.1. The van der Waals surface area contributed by atoms with Gasteiger partial charge in [-0.2, -0.15) is 0 Å². The van der Waals surface area contributed by atoms with Gasteiger partial charge in [0.1, 0.15) is 4.60 Å². The largest absolute Gasteiger partial charge is 0.396 e. The van der Waals surface area contributed by atoms with Gasteiger partial charge in [0.05, 0.1) is 11.7 Å². The quantitative estimate of drug-likeness (QED) is 0.765. The van der Waals surface area contributed by atoms with Gasteiger partial charge in [-0.3, -0.25) is 0 Å². The molecule has 1 aromatic heterocycles. The molecule has 2 rings (SSSR count). The summed E-state index contributed by atoms with van der Waals surface area (Å²) in [7, 11) is 0. The maximum Gasteiger partial charge on any atom is 0.151 e. The summed E-state index contributed by atoms with van der Waals surface area (Å²) in [6, 6.07) is 8.95. The van der Waals surface area contributed by atoms with E-state index < -0.39 is 0 Å². The van der Waals surface area contributed by atoms with E-state index in [4.69, 9.17) is 28.9 Å². The summed E-state index contributed by atoms with van der Waals surface area (Å²) >= 11 is 15.4. The molecule has 0 saturated carbocycles. The number of pyridine rings is 1. The number of nitrogens with two attached hydrogens (primary N) is 1. The second kappa shape index (κ2) is 5.99. The van der Waals surface area contributed by atoms with Crippen molar-refractivity contribution in [3.63, 3.8) is 0 Å². The number of hydrogen-bond acceptors (Lipinski definition) is 3. The smallest absolute Gasteiger partial charge is 0.151 e. The van der Waals surface area contributed by atoms with Crippen LogP contribution < -0.4 is 11.1 Å². The summed E-state index contributed by atoms with van der Waals surface area (Å²) in [4.78, 5) is 4.30. The number of benzene rings is 1. The molecule has 0 bridgehead atoms. The lowest BCUT2D eigenvalue weighted by Gasteiger charge is -2.17. The Hall–Kier alpha value is -0.970. The predicted octanol–water partition coefficient (Wildman–Crippen LogP) is 4.91. The van der Waals surface area contributed by atoms with Crippen LogP contribution in [0.5, 0.6) is 0 Å². The first-order valence-corrected chi connectivity index (χ1v) is 7.16. The lowest BCUT2D eigenvalue weighted by Crippen LogP contribution is -2.10. The number of aromatic nitrogens is 1. The number of anilines is 2. The topological polar surface area (TPSA) is 50.9 Å². The van der Waals surface area contributed by atoms with E-state index in [1.165, 1.54) is 0 Å². The Morgan fingerprint density at radius 2 is 2.00 bits per heavy atom. The second-order valence-electron chi connectivity index (χ2n) is 4.10. The van der Waals surface area contributed by atoms with Gasteiger partial charge in [-0.25, -0.2) is 4.98 Å². The molecule has 0 aliphatic carbocycles. The van der Waals surface area contributed by atoms with Gasteiger partial charge in [0, 0.05) is 10.0 Å². The molecule has 0 aliphatic rings. The number of nitrogens with one attached hydrogen (secondary N) is 1. The standard InChI is InChI=1S/C13H12BrCl2N3/c1-7(9-3-2-8(15)6-10(9)16)18-13-11(17)4-5-12(14)19-13/h2-7H,17H2,1H3,(H,18,19)/t7-/m1/s1. The summed E-state index contributed by atoms with van der Waals surface area (Å²) < 4.78 is 0.721.